The van der Waals surface area contributed by atoms with Crippen molar-refractivity contribution in [1.29, 1.82) is 0 Å². The monoisotopic (exact) mass is 539 g/mol. The minimum atomic E-state index is -1.62. The van der Waals surface area contributed by atoms with Gasteiger partial charge in [0.05, 0.1) is 19.5 Å². The first-order valence-electron chi connectivity index (χ1n) is 13.4. The number of aryl methyl sites for hydroxylation is 1. The average Bonchev–Trinajstić information content (AvgIpc) is 3.38. The van der Waals surface area contributed by atoms with Crippen LogP contribution in [0.25, 0.3) is 11.0 Å². The van der Waals surface area contributed by atoms with Gasteiger partial charge in [0.25, 0.3) is 0 Å². The van der Waals surface area contributed by atoms with Crippen molar-refractivity contribution in [3.8, 4) is 11.5 Å². The second-order valence-electron chi connectivity index (χ2n) is 9.31. The Labute approximate surface area is 222 Å². The molecule has 2 heterocycles. The molecule has 1 fully saturated rings. The maximum Gasteiger partial charge on any atom is 0.306 e. The summed E-state index contributed by atoms with van der Waals surface area (Å²) in [6, 6.07) is 3.55. The highest BCUT2D eigenvalue weighted by Gasteiger charge is 2.45. The van der Waals surface area contributed by atoms with Gasteiger partial charge in [-0.3, -0.25) is 4.79 Å². The third-order valence-electron chi connectivity index (χ3n) is 6.45. The first-order valence-corrected chi connectivity index (χ1v) is 13.4. The molecule has 1 aromatic carbocycles. The van der Waals surface area contributed by atoms with Crippen LogP contribution in [0.2, 0.25) is 0 Å². The summed E-state index contributed by atoms with van der Waals surface area (Å²) in [5, 5.41) is 44.6. The smallest absolute Gasteiger partial charge is 0.306 e. The minimum absolute atomic E-state index is 0.0704. The summed E-state index contributed by atoms with van der Waals surface area (Å²) < 4.78 is 28.5. The largest absolute Gasteiger partial charge is 0.485 e. The summed E-state index contributed by atoms with van der Waals surface area (Å²) in [5.41, 5.74) is 0.985. The summed E-state index contributed by atoms with van der Waals surface area (Å²) in [4.78, 5) is 12.1. The Morgan fingerprint density at radius 3 is 2.61 bits per heavy atom. The Morgan fingerprint density at radius 2 is 1.87 bits per heavy atom. The number of esters is 1. The molecule has 11 heteroatoms. The highest BCUT2D eigenvalue weighted by atomic mass is 16.7. The van der Waals surface area contributed by atoms with Crippen LogP contribution in [0.4, 0.5) is 0 Å². The zero-order chi connectivity index (χ0) is 27.5. The Morgan fingerprint density at radius 1 is 1.05 bits per heavy atom. The van der Waals surface area contributed by atoms with Crippen LogP contribution >= 0.6 is 0 Å². The molecule has 11 nitrogen and oxygen atoms in total. The molecule has 0 spiro atoms. The van der Waals surface area contributed by atoms with Crippen LogP contribution < -0.4 is 14.8 Å². The standard InChI is InChI=1S/C27H41NO10/c1-3-5-6-7-11-28-12-14-36-26-24-18(10-13-35-24)15-17(8-9-20(30)34-4-2)25(26)38-27-23(33)22(32)21(31)19(16-29)37-27/h10,13,15,19,21-23,27-29,31-33H,3-9,11-12,14,16H2,1-2H3/t19-,21-,22+,23-,27-/m1/s1. The van der Waals surface area contributed by atoms with Crippen LogP contribution in [-0.2, 0) is 20.7 Å². The summed E-state index contributed by atoms with van der Waals surface area (Å²) >= 11 is 0. The number of furan rings is 1. The van der Waals surface area contributed by atoms with Gasteiger partial charge >= 0.3 is 5.97 Å². The van der Waals surface area contributed by atoms with Crippen molar-refractivity contribution in [2.45, 2.75) is 83.1 Å². The number of nitrogens with one attached hydrogen (secondary N) is 1. The maximum absolute atomic E-state index is 12.1. The Bertz CT molecular complexity index is 994. The number of aliphatic hydroxyl groups excluding tert-OH is 4. The molecule has 5 N–H and O–H groups in total. The van der Waals surface area contributed by atoms with Crippen LogP contribution in [0.3, 0.4) is 0 Å². The fourth-order valence-corrected chi connectivity index (χ4v) is 4.34. The molecule has 1 aliphatic rings. The number of benzene rings is 1. The molecule has 214 valence electrons. The third kappa shape index (κ3) is 7.81. The molecule has 0 radical (unpaired) electrons. The van der Waals surface area contributed by atoms with E-state index >= 15 is 0 Å². The molecule has 5 atom stereocenters. The van der Waals surface area contributed by atoms with E-state index in [2.05, 4.69) is 12.2 Å². The Balaban J connectivity index is 1.85. The second-order valence-corrected chi connectivity index (χ2v) is 9.31. The summed E-state index contributed by atoms with van der Waals surface area (Å²) in [5.74, 6) is 0.0495. The number of rotatable bonds is 16. The maximum atomic E-state index is 12.1. The lowest BCUT2D eigenvalue weighted by Crippen LogP contribution is -2.60. The number of aliphatic hydroxyl groups is 4. The van der Waals surface area contributed by atoms with Gasteiger partial charge in [0.2, 0.25) is 12.0 Å². The summed E-state index contributed by atoms with van der Waals surface area (Å²) in [6.07, 6.45) is -0.896. The van der Waals surface area contributed by atoms with Crippen LogP contribution in [0.5, 0.6) is 11.5 Å². The number of hydrogen-bond acceptors (Lipinski definition) is 11. The molecule has 2 aromatic rings. The molecule has 0 bridgehead atoms. The van der Waals surface area contributed by atoms with E-state index in [0.29, 0.717) is 17.7 Å². The molecule has 1 saturated heterocycles. The predicted molar refractivity (Wildman–Crippen MR) is 138 cm³/mol. The summed E-state index contributed by atoms with van der Waals surface area (Å²) in [6.45, 7) is 5.29. The van der Waals surface area contributed by atoms with Crippen molar-refractivity contribution in [3.05, 3.63) is 24.0 Å². The van der Waals surface area contributed by atoms with Gasteiger partial charge in [-0.05, 0) is 44.0 Å². The van der Waals surface area contributed by atoms with Gasteiger partial charge in [-0.2, -0.15) is 0 Å². The molecule has 1 aromatic heterocycles. The highest BCUT2D eigenvalue weighted by Crippen LogP contribution is 2.42. The van der Waals surface area contributed by atoms with Crippen molar-refractivity contribution in [2.24, 2.45) is 0 Å². The van der Waals surface area contributed by atoms with Gasteiger partial charge in [-0.1, -0.05) is 26.2 Å². The van der Waals surface area contributed by atoms with E-state index in [-0.39, 0.29) is 43.5 Å². The van der Waals surface area contributed by atoms with Crippen LogP contribution in [0, 0.1) is 0 Å². The van der Waals surface area contributed by atoms with E-state index in [1.165, 1.54) is 19.1 Å². The lowest BCUT2D eigenvalue weighted by Gasteiger charge is -2.39. The number of carbonyl (C=O) groups excluding carboxylic acids is 1. The predicted octanol–water partition coefficient (Wildman–Crippen LogP) is 1.66. The van der Waals surface area contributed by atoms with Crippen molar-refractivity contribution in [3.63, 3.8) is 0 Å². The van der Waals surface area contributed by atoms with E-state index in [1.807, 2.05) is 0 Å². The molecule has 1 aliphatic heterocycles. The zero-order valence-electron chi connectivity index (χ0n) is 22.1. The normalized spacial score (nSPS) is 23.5. The van der Waals surface area contributed by atoms with E-state index in [1.54, 1.807) is 19.1 Å². The second kappa shape index (κ2) is 15.2. The third-order valence-corrected chi connectivity index (χ3v) is 6.45. The van der Waals surface area contributed by atoms with E-state index in [0.717, 1.165) is 24.8 Å². The number of ether oxygens (including phenoxy) is 4. The summed E-state index contributed by atoms with van der Waals surface area (Å²) in [7, 11) is 0. The molecule has 0 unspecified atom stereocenters. The first kappa shape index (κ1) is 30.1. The average molecular weight is 540 g/mol. The molecule has 3 rings (SSSR count). The number of carbonyl (C=O) groups is 1. The molecular weight excluding hydrogens is 498 g/mol. The lowest BCUT2D eigenvalue weighted by atomic mass is 9.99. The topological polar surface area (TPSA) is 160 Å². The number of unbranched alkanes of at least 4 members (excludes halogenated alkanes) is 3. The van der Waals surface area contributed by atoms with Gasteiger partial charge in [0, 0.05) is 18.4 Å². The molecule has 0 aliphatic carbocycles. The lowest BCUT2D eigenvalue weighted by molar-refractivity contribution is -0.277. The molecule has 38 heavy (non-hydrogen) atoms. The van der Waals surface area contributed by atoms with Gasteiger partial charge in [0.1, 0.15) is 31.0 Å². The van der Waals surface area contributed by atoms with Crippen LogP contribution in [0.1, 0.15) is 51.5 Å². The van der Waals surface area contributed by atoms with Crippen LogP contribution in [-0.4, -0.2) is 90.0 Å². The molecular formula is C27H41NO10. The van der Waals surface area contributed by atoms with E-state index < -0.39 is 37.3 Å². The fourth-order valence-electron chi connectivity index (χ4n) is 4.34. The van der Waals surface area contributed by atoms with Crippen molar-refractivity contribution in [1.82, 2.24) is 5.32 Å². The zero-order valence-corrected chi connectivity index (χ0v) is 22.1. The van der Waals surface area contributed by atoms with E-state index in [9.17, 15) is 25.2 Å². The first-order chi connectivity index (χ1) is 18.4. The van der Waals surface area contributed by atoms with Gasteiger partial charge < -0.3 is 49.1 Å². The van der Waals surface area contributed by atoms with Crippen LogP contribution in [0.15, 0.2) is 22.8 Å². The Hall–Kier alpha value is -2.41. The molecule has 0 amide bonds. The SMILES string of the molecule is CCCCCCNCCOc1c(O[C@H]2O[C@H](CO)[C@@H](O)[C@H](O)[C@H]2O)c(CCC(=O)OCC)cc2ccoc12. The number of fused-ring (bicyclic) bond motifs is 1. The van der Waals surface area contributed by atoms with E-state index in [4.69, 9.17) is 23.4 Å². The fraction of sp³-hybridized carbons (Fsp3) is 0.667. The Kier molecular flexibility index (Phi) is 12.1. The highest BCUT2D eigenvalue weighted by molar-refractivity contribution is 5.87. The minimum Gasteiger partial charge on any atom is -0.485 e. The van der Waals surface area contributed by atoms with Crippen molar-refractivity contribution >= 4 is 16.9 Å². The van der Waals surface area contributed by atoms with Crippen molar-refractivity contribution < 1.29 is 48.6 Å². The van der Waals surface area contributed by atoms with Gasteiger partial charge in [-0.25, -0.2) is 0 Å². The van der Waals surface area contributed by atoms with Gasteiger partial charge in [0.15, 0.2) is 11.3 Å². The van der Waals surface area contributed by atoms with Gasteiger partial charge in [-0.15, -0.1) is 0 Å². The quantitative estimate of drug-likeness (QED) is 0.156. The molecule has 0 saturated carbocycles. The van der Waals surface area contributed by atoms with Crippen molar-refractivity contribution in [2.75, 3.05) is 32.9 Å². The number of hydrogen-bond donors (Lipinski definition) is 5.